The van der Waals surface area contributed by atoms with Crippen LogP contribution in [-0.2, 0) is 11.2 Å². The summed E-state index contributed by atoms with van der Waals surface area (Å²) >= 11 is 0. The van der Waals surface area contributed by atoms with E-state index in [-0.39, 0.29) is 24.0 Å². The predicted octanol–water partition coefficient (Wildman–Crippen LogP) is 3.06. The Morgan fingerprint density at radius 2 is 1.91 bits per heavy atom. The highest BCUT2D eigenvalue weighted by Gasteiger charge is 2.00. The van der Waals surface area contributed by atoms with E-state index in [0.717, 1.165) is 45.1 Å². The number of benzene rings is 1. The number of nitrogens with one attached hydrogen (secondary N) is 2. The highest BCUT2D eigenvalue weighted by molar-refractivity contribution is 14.0. The maximum Gasteiger partial charge on any atom is 0.190 e. The van der Waals surface area contributed by atoms with Gasteiger partial charge in [-0.1, -0.05) is 23.8 Å². The molecule has 0 unspecified atom stereocenters. The van der Waals surface area contributed by atoms with Crippen LogP contribution < -0.4 is 10.6 Å². The number of ether oxygens (including phenoxy) is 1. The minimum absolute atomic E-state index is 0. The molecular formula is C17H30IN3O. The van der Waals surface area contributed by atoms with Gasteiger partial charge >= 0.3 is 0 Å². The van der Waals surface area contributed by atoms with E-state index in [9.17, 15) is 0 Å². The molecule has 0 aliphatic rings. The zero-order valence-electron chi connectivity index (χ0n) is 14.2. The maximum absolute atomic E-state index is 5.31. The van der Waals surface area contributed by atoms with Gasteiger partial charge in [0.2, 0.25) is 0 Å². The van der Waals surface area contributed by atoms with E-state index in [1.165, 1.54) is 16.7 Å². The van der Waals surface area contributed by atoms with E-state index in [0.29, 0.717) is 0 Å². The maximum atomic E-state index is 5.31. The summed E-state index contributed by atoms with van der Waals surface area (Å²) in [6.45, 7) is 9.65. The molecular weight excluding hydrogens is 389 g/mol. The van der Waals surface area contributed by atoms with Gasteiger partial charge in [0.25, 0.3) is 0 Å². The Kier molecular flexibility index (Phi) is 12.2. The van der Waals surface area contributed by atoms with Crippen LogP contribution in [0.15, 0.2) is 23.2 Å². The highest BCUT2D eigenvalue weighted by Crippen LogP contribution is 2.10. The van der Waals surface area contributed by atoms with Crippen molar-refractivity contribution < 1.29 is 4.74 Å². The molecule has 0 spiro atoms. The monoisotopic (exact) mass is 419 g/mol. The molecule has 0 bridgehead atoms. The number of hydrogen-bond acceptors (Lipinski definition) is 2. The first-order chi connectivity index (χ1) is 10.2. The highest BCUT2D eigenvalue weighted by atomic mass is 127. The van der Waals surface area contributed by atoms with Crippen molar-refractivity contribution in [1.29, 1.82) is 0 Å². The first kappa shape index (κ1) is 21.2. The van der Waals surface area contributed by atoms with Crippen molar-refractivity contribution in [3.05, 3.63) is 34.9 Å². The number of guanidine groups is 1. The van der Waals surface area contributed by atoms with Crippen LogP contribution in [0.4, 0.5) is 0 Å². The van der Waals surface area contributed by atoms with E-state index in [4.69, 9.17) is 4.74 Å². The molecule has 0 radical (unpaired) electrons. The van der Waals surface area contributed by atoms with Crippen LogP contribution in [0.5, 0.6) is 0 Å². The van der Waals surface area contributed by atoms with Crippen LogP contribution in [0.1, 0.15) is 30.0 Å². The van der Waals surface area contributed by atoms with Crippen LogP contribution in [0.3, 0.4) is 0 Å². The predicted molar refractivity (Wildman–Crippen MR) is 106 cm³/mol. The van der Waals surface area contributed by atoms with E-state index in [1.54, 1.807) is 7.05 Å². The fourth-order valence-corrected chi connectivity index (χ4v) is 2.19. The van der Waals surface area contributed by atoms with Crippen molar-refractivity contribution in [2.24, 2.45) is 4.99 Å². The number of nitrogens with zero attached hydrogens (tertiary/aromatic N) is 1. The summed E-state index contributed by atoms with van der Waals surface area (Å²) in [7, 11) is 1.80. The van der Waals surface area contributed by atoms with Gasteiger partial charge < -0.3 is 15.4 Å². The average Bonchev–Trinajstić information content (AvgIpc) is 2.47. The summed E-state index contributed by atoms with van der Waals surface area (Å²) in [6.07, 6.45) is 2.00. The van der Waals surface area contributed by atoms with Gasteiger partial charge in [0.15, 0.2) is 5.96 Å². The Bertz CT molecular complexity index is 450. The molecule has 0 aromatic heterocycles. The molecule has 22 heavy (non-hydrogen) atoms. The molecule has 2 N–H and O–H groups in total. The lowest BCUT2D eigenvalue weighted by atomic mass is 10.0. The number of rotatable bonds is 8. The molecule has 4 nitrogen and oxygen atoms in total. The van der Waals surface area contributed by atoms with Gasteiger partial charge in [0.1, 0.15) is 0 Å². The van der Waals surface area contributed by atoms with Gasteiger partial charge in [-0.15, -0.1) is 24.0 Å². The Morgan fingerprint density at radius 3 is 2.55 bits per heavy atom. The zero-order chi connectivity index (χ0) is 15.5. The van der Waals surface area contributed by atoms with E-state index in [1.807, 2.05) is 6.92 Å². The Labute approximate surface area is 152 Å². The summed E-state index contributed by atoms with van der Waals surface area (Å²) in [5.41, 5.74) is 4.06. The van der Waals surface area contributed by atoms with Gasteiger partial charge in [-0.2, -0.15) is 0 Å². The molecule has 0 saturated carbocycles. The fourth-order valence-electron chi connectivity index (χ4n) is 2.19. The summed E-state index contributed by atoms with van der Waals surface area (Å²) in [5.74, 6) is 0.858. The van der Waals surface area contributed by atoms with Crippen LogP contribution in [-0.4, -0.2) is 39.3 Å². The van der Waals surface area contributed by atoms with Crippen molar-refractivity contribution in [2.75, 3.05) is 33.4 Å². The third-order valence-corrected chi connectivity index (χ3v) is 3.37. The molecule has 1 rings (SSSR count). The lowest BCUT2D eigenvalue weighted by Crippen LogP contribution is -2.39. The topological polar surface area (TPSA) is 45.6 Å². The quantitative estimate of drug-likeness (QED) is 0.295. The number of aliphatic imine (C=N–C) groups is 1. The van der Waals surface area contributed by atoms with Crippen LogP contribution >= 0.6 is 24.0 Å². The molecule has 0 heterocycles. The third-order valence-electron chi connectivity index (χ3n) is 3.37. The average molecular weight is 419 g/mol. The second kappa shape index (κ2) is 12.7. The molecule has 5 heteroatoms. The molecule has 0 saturated heterocycles. The number of halogens is 1. The zero-order valence-corrected chi connectivity index (χ0v) is 16.6. The molecule has 0 amide bonds. The molecule has 0 aliphatic heterocycles. The number of hydrogen-bond donors (Lipinski definition) is 2. The van der Waals surface area contributed by atoms with Gasteiger partial charge in [-0.3, -0.25) is 4.99 Å². The summed E-state index contributed by atoms with van der Waals surface area (Å²) in [6, 6.07) is 6.61. The van der Waals surface area contributed by atoms with Crippen LogP contribution in [0.25, 0.3) is 0 Å². The van der Waals surface area contributed by atoms with Crippen molar-refractivity contribution >= 4 is 29.9 Å². The fraction of sp³-hybridized carbons (Fsp3) is 0.588. The summed E-state index contributed by atoms with van der Waals surface area (Å²) in [4.78, 5) is 4.23. The van der Waals surface area contributed by atoms with E-state index in [2.05, 4.69) is 47.7 Å². The van der Waals surface area contributed by atoms with Crippen LogP contribution in [0.2, 0.25) is 0 Å². The lowest BCUT2D eigenvalue weighted by Gasteiger charge is -2.13. The Morgan fingerprint density at radius 1 is 1.18 bits per heavy atom. The lowest BCUT2D eigenvalue weighted by molar-refractivity contribution is 0.145. The van der Waals surface area contributed by atoms with Gasteiger partial charge in [-0.25, -0.2) is 0 Å². The first-order valence-corrected chi connectivity index (χ1v) is 7.75. The molecule has 126 valence electrons. The SMILES string of the molecule is CCOCCCNC(=NC)NCCc1ccc(C)cc1C.I. The third kappa shape index (κ3) is 8.58. The van der Waals surface area contributed by atoms with E-state index >= 15 is 0 Å². The normalized spacial score (nSPS) is 11.0. The van der Waals surface area contributed by atoms with Crippen molar-refractivity contribution in [2.45, 2.75) is 33.6 Å². The van der Waals surface area contributed by atoms with Gasteiger partial charge in [0.05, 0.1) is 0 Å². The molecule has 1 aromatic carbocycles. The first-order valence-electron chi connectivity index (χ1n) is 7.75. The summed E-state index contributed by atoms with van der Waals surface area (Å²) < 4.78 is 5.31. The molecule has 0 atom stereocenters. The van der Waals surface area contributed by atoms with Crippen LogP contribution in [0, 0.1) is 13.8 Å². The minimum atomic E-state index is 0. The Hall–Kier alpha value is -0.820. The van der Waals surface area contributed by atoms with Crippen molar-refractivity contribution in [3.63, 3.8) is 0 Å². The van der Waals surface area contributed by atoms with E-state index < -0.39 is 0 Å². The van der Waals surface area contributed by atoms with Gasteiger partial charge in [0, 0.05) is 33.4 Å². The molecule has 0 fully saturated rings. The molecule has 1 aromatic rings. The second-order valence-electron chi connectivity index (χ2n) is 5.16. The largest absolute Gasteiger partial charge is 0.382 e. The smallest absolute Gasteiger partial charge is 0.190 e. The minimum Gasteiger partial charge on any atom is -0.382 e. The summed E-state index contributed by atoms with van der Waals surface area (Å²) in [5, 5.41) is 6.65. The number of aryl methyl sites for hydroxylation is 2. The standard InChI is InChI=1S/C17H29N3O.HI/c1-5-21-12-6-10-19-17(18-4)20-11-9-16-8-7-14(2)13-15(16)3;/h7-8,13H,5-6,9-12H2,1-4H3,(H2,18,19,20);1H. The van der Waals surface area contributed by atoms with Crippen molar-refractivity contribution in [1.82, 2.24) is 10.6 Å². The molecule has 0 aliphatic carbocycles. The Balaban J connectivity index is 0.00000441. The second-order valence-corrected chi connectivity index (χ2v) is 5.16. The van der Waals surface area contributed by atoms with Gasteiger partial charge in [-0.05, 0) is 44.7 Å². The van der Waals surface area contributed by atoms with Crippen molar-refractivity contribution in [3.8, 4) is 0 Å².